The molecule has 11 aromatic rings. The first-order valence-corrected chi connectivity index (χ1v) is 25.2. The SMILES string of the molecule is Cc1cc([PH+](c2ccccc2)c2ccccc2)c([PH+](c2ccccc2)c2ccccc2)cc1C.[Au+].[Au+].[C-]#Cc1cccc2cc3ccccc3cc12.[C-]#Cc1cccc2cc3ccccc3cc12. The van der Waals surface area contributed by atoms with E-state index in [2.05, 4.69) is 220 Å². The summed E-state index contributed by atoms with van der Waals surface area (Å²) >= 11 is 0. The molecule has 4 heteroatoms. The summed E-state index contributed by atoms with van der Waals surface area (Å²) in [4.78, 5) is 0. The Hall–Kier alpha value is -6.08. The van der Waals surface area contributed by atoms with E-state index in [4.69, 9.17) is 12.8 Å². The van der Waals surface area contributed by atoms with Crippen LogP contribution in [-0.2, 0) is 44.8 Å². The number of rotatable bonds is 6. The van der Waals surface area contributed by atoms with E-state index < -0.39 is 15.8 Å². The molecule has 0 bridgehead atoms. The van der Waals surface area contributed by atoms with Gasteiger partial charge in [0.15, 0.2) is 0 Å². The fraction of sp³-hybridized carbons (Fsp3) is 0.0312. The number of fused-ring (bicyclic) bond motifs is 4. The van der Waals surface area contributed by atoms with Crippen LogP contribution in [-0.4, -0.2) is 0 Å². The largest absolute Gasteiger partial charge is 1.00 e. The number of hydrogen-bond donors (Lipinski definition) is 0. The van der Waals surface area contributed by atoms with Crippen molar-refractivity contribution in [2.24, 2.45) is 0 Å². The van der Waals surface area contributed by atoms with Gasteiger partial charge in [0, 0.05) is 0 Å². The maximum atomic E-state index is 7.28. The van der Waals surface area contributed by atoms with Gasteiger partial charge in [0.1, 0.15) is 47.7 Å². The molecule has 0 heterocycles. The van der Waals surface area contributed by atoms with Crippen molar-refractivity contribution in [3.05, 3.63) is 278 Å². The van der Waals surface area contributed by atoms with Gasteiger partial charge in [-0.3, -0.25) is 11.8 Å². The summed E-state index contributed by atoms with van der Waals surface area (Å²) in [5, 5.41) is 18.2. The van der Waals surface area contributed by atoms with Crippen LogP contribution in [0.2, 0.25) is 0 Å². The average molecular weight is 1270 g/mol. The van der Waals surface area contributed by atoms with E-state index in [1.165, 1.54) is 64.5 Å². The molecule has 0 nitrogen and oxygen atoms in total. The van der Waals surface area contributed by atoms with Crippen LogP contribution in [0.3, 0.4) is 0 Å². The van der Waals surface area contributed by atoms with Crippen LogP contribution < -0.4 is 31.8 Å². The molecule has 0 saturated carbocycles. The Morgan fingerprint density at radius 2 is 0.559 bits per heavy atom. The first-order valence-electron chi connectivity index (χ1n) is 22.2. The molecule has 0 aromatic heterocycles. The molecule has 0 aliphatic heterocycles. The van der Waals surface area contributed by atoms with Gasteiger partial charge >= 0.3 is 44.8 Å². The van der Waals surface area contributed by atoms with E-state index in [-0.39, 0.29) is 44.8 Å². The zero-order valence-corrected chi connectivity index (χ0v) is 44.0. The molecule has 0 fully saturated rings. The molecule has 0 radical (unpaired) electrons. The molecule has 68 heavy (non-hydrogen) atoms. The van der Waals surface area contributed by atoms with Gasteiger partial charge in [-0.15, -0.1) is 23.3 Å². The Morgan fingerprint density at radius 1 is 0.294 bits per heavy atom. The topological polar surface area (TPSA) is 0 Å². The standard InChI is InChI=1S/C32H28P2.2C16H9.2Au/c1-25-23-31(33(27-15-7-3-8-16-27)28-17-9-4-10-18-28)32(24-26(25)2)34(29-19-11-5-12-20-29)30-21-13-6-14-22-30;2*1-2-12-8-5-9-15-10-13-6-3-4-7-14(13)11-16(12)15;;/h3-24H,1-2H3;2*3-11H;;/q;2*-1;2*+1/p+2. The molecule has 0 spiro atoms. The molecule has 11 rings (SSSR count). The van der Waals surface area contributed by atoms with Crippen LogP contribution in [0.1, 0.15) is 22.3 Å². The van der Waals surface area contributed by atoms with Crippen molar-refractivity contribution in [1.29, 1.82) is 0 Å². The van der Waals surface area contributed by atoms with Crippen LogP contribution >= 0.6 is 15.8 Å². The first kappa shape index (κ1) is 49.8. The Bertz CT molecular complexity index is 3210. The third-order valence-electron chi connectivity index (χ3n) is 12.2. The summed E-state index contributed by atoms with van der Waals surface area (Å²) in [6.45, 7) is 4.52. The summed E-state index contributed by atoms with van der Waals surface area (Å²) in [6, 6.07) is 86.5. The third-order valence-corrected chi connectivity index (χ3v) is 18.0. The summed E-state index contributed by atoms with van der Waals surface area (Å²) in [6.07, 6.45) is 14.6. The van der Waals surface area contributed by atoms with Crippen molar-refractivity contribution >= 4 is 90.8 Å². The summed E-state index contributed by atoms with van der Waals surface area (Å²) < 4.78 is 0. The molecule has 0 aliphatic carbocycles. The quantitative estimate of drug-likeness (QED) is 0.0512. The minimum Gasteiger partial charge on any atom is -0.366 e. The predicted octanol–water partition coefficient (Wildman–Crippen LogP) is 13.1. The van der Waals surface area contributed by atoms with Crippen molar-refractivity contribution < 1.29 is 44.8 Å². The van der Waals surface area contributed by atoms with Gasteiger partial charge in [0.2, 0.25) is 0 Å². The Kier molecular flexibility index (Phi) is 17.4. The number of benzene rings is 11. The zero-order chi connectivity index (χ0) is 45.2. The van der Waals surface area contributed by atoms with Crippen LogP contribution in [0.4, 0.5) is 0 Å². The molecular weight excluding hydrogens is 1220 g/mol. The third kappa shape index (κ3) is 11.3. The van der Waals surface area contributed by atoms with Gasteiger partial charge in [-0.25, -0.2) is 0 Å². The monoisotopic (exact) mass is 1270 g/mol. The minimum atomic E-state index is -1.18. The van der Waals surface area contributed by atoms with E-state index in [9.17, 15) is 0 Å². The second kappa shape index (κ2) is 23.8. The van der Waals surface area contributed by atoms with E-state index in [0.717, 1.165) is 32.7 Å². The molecule has 334 valence electrons. The summed E-state index contributed by atoms with van der Waals surface area (Å²) in [5.74, 6) is 4.97. The van der Waals surface area contributed by atoms with Crippen molar-refractivity contribution in [3.63, 3.8) is 0 Å². The Labute approximate surface area is 435 Å². The molecule has 0 saturated heterocycles. The van der Waals surface area contributed by atoms with E-state index in [1.807, 2.05) is 48.5 Å². The van der Waals surface area contributed by atoms with Crippen molar-refractivity contribution in [2.75, 3.05) is 0 Å². The van der Waals surface area contributed by atoms with Crippen LogP contribution in [0, 0.1) is 38.5 Å². The maximum Gasteiger partial charge on any atom is 1.00 e. The summed E-state index contributed by atoms with van der Waals surface area (Å²) in [5.41, 5.74) is 4.44. The molecule has 0 N–H and O–H groups in total. The molecule has 0 aliphatic rings. The minimum absolute atomic E-state index is 0. The van der Waals surface area contributed by atoms with Crippen LogP contribution in [0.15, 0.2) is 243 Å². The van der Waals surface area contributed by atoms with Gasteiger partial charge in [0.25, 0.3) is 0 Å². The smallest absolute Gasteiger partial charge is 0.366 e. The predicted molar refractivity (Wildman–Crippen MR) is 291 cm³/mol. The van der Waals surface area contributed by atoms with Gasteiger partial charge in [0.05, 0.1) is 0 Å². The molecule has 0 amide bonds. The van der Waals surface area contributed by atoms with Gasteiger partial charge in [-0.05, 0) is 130 Å². The normalized spacial score (nSPS) is 10.5. The van der Waals surface area contributed by atoms with Gasteiger partial charge in [-0.2, -0.15) is 0 Å². The zero-order valence-electron chi connectivity index (χ0n) is 37.7. The fourth-order valence-corrected chi connectivity index (χ4v) is 14.9. The fourth-order valence-electron chi connectivity index (χ4n) is 8.76. The van der Waals surface area contributed by atoms with Crippen LogP contribution in [0.25, 0.3) is 43.1 Å². The van der Waals surface area contributed by atoms with Crippen molar-refractivity contribution in [1.82, 2.24) is 0 Å². The second-order valence-electron chi connectivity index (χ2n) is 16.4. The van der Waals surface area contributed by atoms with Gasteiger partial charge in [-0.1, -0.05) is 168 Å². The molecule has 0 unspecified atom stereocenters. The number of hydrogen-bond acceptors (Lipinski definition) is 0. The average Bonchev–Trinajstić information content (AvgIpc) is 3.38. The number of aryl methyl sites for hydroxylation is 2. The van der Waals surface area contributed by atoms with E-state index in [0.29, 0.717) is 0 Å². The van der Waals surface area contributed by atoms with E-state index >= 15 is 0 Å². The van der Waals surface area contributed by atoms with Crippen molar-refractivity contribution in [3.8, 4) is 11.8 Å². The maximum absolute atomic E-state index is 7.28. The first-order chi connectivity index (χ1) is 32.5. The van der Waals surface area contributed by atoms with Crippen molar-refractivity contribution in [2.45, 2.75) is 13.8 Å². The van der Waals surface area contributed by atoms with Crippen LogP contribution in [0.5, 0.6) is 0 Å². The molecule has 11 aromatic carbocycles. The van der Waals surface area contributed by atoms with E-state index in [1.54, 1.807) is 0 Å². The Morgan fingerprint density at radius 3 is 0.853 bits per heavy atom. The van der Waals surface area contributed by atoms with Gasteiger partial charge < -0.3 is 12.8 Å². The second-order valence-corrected chi connectivity index (χ2v) is 21.3. The summed E-state index contributed by atoms with van der Waals surface area (Å²) in [7, 11) is -2.36. The molecule has 0 atom stereocenters. The molecular formula is C64H48Au2P2+2. The Balaban J connectivity index is 0.000000167.